The fraction of sp³-hybridized carbons (Fsp3) is 0.429. The topological polar surface area (TPSA) is 66.4 Å². The van der Waals surface area contributed by atoms with Gasteiger partial charge in [0.15, 0.2) is 0 Å². The third kappa shape index (κ3) is 2.81. The van der Waals surface area contributed by atoms with Crippen LogP contribution in [-0.2, 0) is 9.59 Å². The van der Waals surface area contributed by atoms with Crippen molar-refractivity contribution in [2.45, 2.75) is 37.6 Å². The zero-order chi connectivity index (χ0) is 14.0. The smallest absolute Gasteiger partial charge is 0.329 e. The quantitative estimate of drug-likeness (QED) is 0.894. The van der Waals surface area contributed by atoms with E-state index in [-0.39, 0.29) is 11.8 Å². The third-order valence-electron chi connectivity index (χ3n) is 3.74. The van der Waals surface area contributed by atoms with Crippen LogP contribution in [0.3, 0.4) is 0 Å². The Morgan fingerprint density at radius 3 is 2.32 bits per heavy atom. The van der Waals surface area contributed by atoms with Crippen LogP contribution in [0, 0.1) is 0 Å². The van der Waals surface area contributed by atoms with Crippen molar-refractivity contribution in [3.8, 4) is 0 Å². The Kier molecular flexibility index (Phi) is 3.94. The number of halogens is 1. The summed E-state index contributed by atoms with van der Waals surface area (Å²) in [5.41, 5.74) is -0.165. The highest BCUT2D eigenvalue weighted by molar-refractivity contribution is 9.10. The van der Waals surface area contributed by atoms with E-state index in [9.17, 15) is 14.7 Å². The van der Waals surface area contributed by atoms with Crippen molar-refractivity contribution in [2.24, 2.45) is 0 Å². The lowest BCUT2D eigenvalue weighted by molar-refractivity contribution is -0.152. The minimum atomic E-state index is -1.04. The van der Waals surface area contributed by atoms with Crippen LogP contribution < -0.4 is 5.32 Å². The summed E-state index contributed by atoms with van der Waals surface area (Å²) in [7, 11) is 0. The molecule has 2 N–H and O–H groups in total. The SMILES string of the molecule is CC(C(=O)NC1(C(=O)O)CCC1)c1ccc(Br)cc1. The Bertz CT molecular complexity index is 494. The third-order valence-corrected chi connectivity index (χ3v) is 4.27. The fourth-order valence-electron chi connectivity index (χ4n) is 2.17. The number of rotatable bonds is 4. The van der Waals surface area contributed by atoms with Crippen molar-refractivity contribution >= 4 is 27.8 Å². The van der Waals surface area contributed by atoms with E-state index in [2.05, 4.69) is 21.2 Å². The summed E-state index contributed by atoms with van der Waals surface area (Å²) in [5.74, 6) is -1.52. The van der Waals surface area contributed by atoms with Gasteiger partial charge in [-0.3, -0.25) is 4.79 Å². The van der Waals surface area contributed by atoms with Crippen LogP contribution in [-0.4, -0.2) is 22.5 Å². The fourth-order valence-corrected chi connectivity index (χ4v) is 2.43. The molecule has 0 aliphatic heterocycles. The van der Waals surface area contributed by atoms with E-state index in [1.165, 1.54) is 0 Å². The minimum Gasteiger partial charge on any atom is -0.480 e. The Labute approximate surface area is 120 Å². The van der Waals surface area contributed by atoms with Gasteiger partial charge in [-0.25, -0.2) is 4.79 Å². The number of hydrogen-bond acceptors (Lipinski definition) is 2. The van der Waals surface area contributed by atoms with Crippen LogP contribution in [0.1, 0.15) is 37.7 Å². The van der Waals surface area contributed by atoms with Gasteiger partial charge in [0.1, 0.15) is 5.54 Å². The van der Waals surface area contributed by atoms with Gasteiger partial charge in [0.2, 0.25) is 5.91 Å². The first-order valence-electron chi connectivity index (χ1n) is 6.25. The maximum Gasteiger partial charge on any atom is 0.329 e. The largest absolute Gasteiger partial charge is 0.480 e. The van der Waals surface area contributed by atoms with Crippen LogP contribution in [0.15, 0.2) is 28.7 Å². The van der Waals surface area contributed by atoms with E-state index in [1.54, 1.807) is 6.92 Å². The first-order valence-corrected chi connectivity index (χ1v) is 7.05. The second kappa shape index (κ2) is 5.33. The van der Waals surface area contributed by atoms with E-state index in [0.717, 1.165) is 16.5 Å². The van der Waals surface area contributed by atoms with Crippen molar-refractivity contribution in [1.29, 1.82) is 0 Å². The summed E-state index contributed by atoms with van der Waals surface area (Å²) in [5, 5.41) is 11.9. The van der Waals surface area contributed by atoms with Gasteiger partial charge < -0.3 is 10.4 Å². The molecule has 1 unspecified atom stereocenters. The normalized spacial score (nSPS) is 18.2. The van der Waals surface area contributed by atoms with Crippen molar-refractivity contribution in [3.05, 3.63) is 34.3 Å². The maximum absolute atomic E-state index is 12.2. The molecule has 1 aliphatic carbocycles. The molecule has 1 saturated carbocycles. The second-order valence-corrected chi connectivity index (χ2v) is 5.92. The number of carbonyl (C=O) groups is 2. The zero-order valence-electron chi connectivity index (χ0n) is 10.6. The number of carboxylic acids is 1. The van der Waals surface area contributed by atoms with Crippen molar-refractivity contribution in [3.63, 3.8) is 0 Å². The molecule has 102 valence electrons. The molecule has 1 aliphatic rings. The molecule has 0 spiro atoms. The van der Waals surface area contributed by atoms with E-state index in [1.807, 2.05) is 24.3 Å². The number of carbonyl (C=O) groups excluding carboxylic acids is 1. The predicted molar refractivity (Wildman–Crippen MR) is 74.9 cm³/mol. The molecule has 0 radical (unpaired) electrons. The molecule has 5 heteroatoms. The van der Waals surface area contributed by atoms with Crippen molar-refractivity contribution in [2.75, 3.05) is 0 Å². The standard InChI is InChI=1S/C14H16BrNO3/c1-9(10-3-5-11(15)6-4-10)12(17)16-14(13(18)19)7-2-8-14/h3-6,9H,2,7-8H2,1H3,(H,16,17)(H,18,19). The Hall–Kier alpha value is -1.36. The number of hydrogen-bond donors (Lipinski definition) is 2. The van der Waals surface area contributed by atoms with Gasteiger partial charge in [-0.05, 0) is 43.9 Å². The van der Waals surface area contributed by atoms with Gasteiger partial charge in [0, 0.05) is 4.47 Å². The van der Waals surface area contributed by atoms with Gasteiger partial charge in [0.25, 0.3) is 0 Å². The number of carboxylic acid groups (broad SMARTS) is 1. The summed E-state index contributed by atoms with van der Waals surface area (Å²) < 4.78 is 0.949. The molecule has 0 saturated heterocycles. The molecular weight excluding hydrogens is 310 g/mol. The highest BCUT2D eigenvalue weighted by atomic mass is 79.9. The number of nitrogens with one attached hydrogen (secondary N) is 1. The van der Waals surface area contributed by atoms with Crippen LogP contribution in [0.2, 0.25) is 0 Å². The summed E-state index contributed by atoms with van der Waals surface area (Å²) >= 11 is 3.34. The molecule has 19 heavy (non-hydrogen) atoms. The molecule has 1 aromatic rings. The van der Waals surface area contributed by atoms with Crippen LogP contribution in [0.4, 0.5) is 0 Å². The van der Waals surface area contributed by atoms with Crippen LogP contribution >= 0.6 is 15.9 Å². The Morgan fingerprint density at radius 2 is 1.89 bits per heavy atom. The molecule has 1 aromatic carbocycles. The van der Waals surface area contributed by atoms with Crippen LogP contribution in [0.25, 0.3) is 0 Å². The molecule has 0 bridgehead atoms. The van der Waals surface area contributed by atoms with E-state index < -0.39 is 11.5 Å². The highest BCUT2D eigenvalue weighted by Gasteiger charge is 2.46. The van der Waals surface area contributed by atoms with Crippen molar-refractivity contribution < 1.29 is 14.7 Å². The predicted octanol–water partition coefficient (Wildman–Crippen LogP) is 2.68. The average molecular weight is 326 g/mol. The molecule has 0 heterocycles. The lowest BCUT2D eigenvalue weighted by atomic mass is 9.76. The number of aliphatic carboxylic acids is 1. The summed E-state index contributed by atoms with van der Waals surface area (Å²) in [6.45, 7) is 1.78. The van der Waals surface area contributed by atoms with Gasteiger partial charge in [-0.2, -0.15) is 0 Å². The van der Waals surface area contributed by atoms with E-state index in [0.29, 0.717) is 12.8 Å². The summed E-state index contributed by atoms with van der Waals surface area (Å²) in [4.78, 5) is 23.4. The molecular formula is C14H16BrNO3. The first-order chi connectivity index (χ1) is 8.94. The molecule has 1 atom stereocenters. The van der Waals surface area contributed by atoms with Gasteiger partial charge >= 0.3 is 5.97 Å². The Balaban J connectivity index is 2.07. The molecule has 0 aromatic heterocycles. The first kappa shape index (κ1) is 14.1. The summed E-state index contributed by atoms with van der Waals surface area (Å²) in [6.07, 6.45) is 1.88. The van der Waals surface area contributed by atoms with Gasteiger partial charge in [-0.15, -0.1) is 0 Å². The number of amides is 1. The van der Waals surface area contributed by atoms with E-state index >= 15 is 0 Å². The molecule has 2 rings (SSSR count). The highest BCUT2D eigenvalue weighted by Crippen LogP contribution is 2.33. The molecule has 4 nitrogen and oxygen atoms in total. The van der Waals surface area contributed by atoms with Gasteiger partial charge in [-0.1, -0.05) is 28.1 Å². The van der Waals surface area contributed by atoms with E-state index in [4.69, 9.17) is 0 Å². The minimum absolute atomic E-state index is 0.232. The van der Waals surface area contributed by atoms with Crippen LogP contribution in [0.5, 0.6) is 0 Å². The lowest BCUT2D eigenvalue weighted by Gasteiger charge is -2.38. The average Bonchev–Trinajstić information content (AvgIpc) is 2.33. The maximum atomic E-state index is 12.2. The van der Waals surface area contributed by atoms with Crippen molar-refractivity contribution in [1.82, 2.24) is 5.32 Å². The lowest BCUT2D eigenvalue weighted by Crippen LogP contribution is -2.59. The molecule has 1 amide bonds. The second-order valence-electron chi connectivity index (χ2n) is 5.00. The molecule has 1 fully saturated rings. The van der Waals surface area contributed by atoms with Gasteiger partial charge in [0.05, 0.1) is 5.92 Å². The summed E-state index contributed by atoms with van der Waals surface area (Å²) in [6, 6.07) is 7.47. The zero-order valence-corrected chi connectivity index (χ0v) is 12.2. The number of benzene rings is 1. The Morgan fingerprint density at radius 1 is 1.32 bits per heavy atom. The monoisotopic (exact) mass is 325 g/mol.